The largest absolute Gasteiger partial charge is 0.476 e. The molecule has 0 fully saturated rings. The fourth-order valence-corrected chi connectivity index (χ4v) is 3.33. The van der Waals surface area contributed by atoms with Crippen LogP contribution in [0.3, 0.4) is 0 Å². The van der Waals surface area contributed by atoms with Gasteiger partial charge in [0.1, 0.15) is 5.82 Å². The molecule has 1 N–H and O–H groups in total. The summed E-state index contributed by atoms with van der Waals surface area (Å²) in [6, 6.07) is 3.71. The maximum Gasteiger partial charge on any atom is 0.356 e. The molecule has 2 aromatic heterocycles. The number of pyridine rings is 1. The van der Waals surface area contributed by atoms with Crippen molar-refractivity contribution in [3.8, 4) is 0 Å². The van der Waals surface area contributed by atoms with Gasteiger partial charge in [-0.15, -0.1) is 0 Å². The molecule has 3 heterocycles. The monoisotopic (exact) mass is 357 g/mol. The number of hydrogen-bond acceptors (Lipinski definition) is 5. The maximum absolute atomic E-state index is 12.0. The van der Waals surface area contributed by atoms with Crippen LogP contribution in [0.4, 0.5) is 5.82 Å². The molecule has 8 nitrogen and oxygen atoms in total. The van der Waals surface area contributed by atoms with Gasteiger partial charge in [0.2, 0.25) is 0 Å². The molecule has 26 heavy (non-hydrogen) atoms. The molecular weight excluding hydrogens is 334 g/mol. The van der Waals surface area contributed by atoms with Crippen LogP contribution in [0.2, 0.25) is 0 Å². The Morgan fingerprint density at radius 2 is 2.08 bits per heavy atom. The van der Waals surface area contributed by atoms with Crippen LogP contribution in [0.25, 0.3) is 0 Å². The molecule has 0 saturated carbocycles. The zero-order valence-electron chi connectivity index (χ0n) is 15.4. The minimum Gasteiger partial charge on any atom is -0.476 e. The van der Waals surface area contributed by atoms with Crippen molar-refractivity contribution in [2.45, 2.75) is 39.4 Å². The second-order valence-electron chi connectivity index (χ2n) is 6.68. The number of carboxylic acid groups (broad SMARTS) is 1. The van der Waals surface area contributed by atoms with Crippen molar-refractivity contribution in [1.82, 2.24) is 19.7 Å². The Morgan fingerprint density at radius 1 is 1.35 bits per heavy atom. The number of carbonyl (C=O) groups is 2. The van der Waals surface area contributed by atoms with Crippen molar-refractivity contribution in [1.29, 1.82) is 0 Å². The van der Waals surface area contributed by atoms with Crippen LogP contribution in [0, 0.1) is 0 Å². The molecular formula is C18H23N5O3. The fourth-order valence-electron chi connectivity index (χ4n) is 3.33. The van der Waals surface area contributed by atoms with Gasteiger partial charge in [0.05, 0.1) is 5.56 Å². The molecule has 1 aliphatic heterocycles. The van der Waals surface area contributed by atoms with Gasteiger partial charge in [0, 0.05) is 57.1 Å². The molecule has 3 rings (SSSR count). The Hall–Kier alpha value is -2.90. The van der Waals surface area contributed by atoms with Crippen LogP contribution in [0.15, 0.2) is 18.3 Å². The number of aromatic nitrogens is 3. The average Bonchev–Trinajstić information content (AvgIpc) is 2.98. The van der Waals surface area contributed by atoms with Gasteiger partial charge in [-0.3, -0.25) is 9.48 Å². The van der Waals surface area contributed by atoms with E-state index in [0.717, 1.165) is 17.1 Å². The molecule has 8 heteroatoms. The summed E-state index contributed by atoms with van der Waals surface area (Å²) in [6.07, 6.45) is 2.26. The van der Waals surface area contributed by atoms with Crippen LogP contribution in [-0.2, 0) is 19.5 Å². The molecule has 0 aromatic carbocycles. The molecule has 0 radical (unpaired) electrons. The third-order valence-electron chi connectivity index (χ3n) is 4.71. The summed E-state index contributed by atoms with van der Waals surface area (Å²) in [5.41, 5.74) is 2.35. The summed E-state index contributed by atoms with van der Waals surface area (Å²) in [6.45, 7) is 5.11. The Kier molecular flexibility index (Phi) is 4.67. The van der Waals surface area contributed by atoms with Gasteiger partial charge in [-0.25, -0.2) is 9.78 Å². The number of carbonyl (C=O) groups excluding carboxylic acids is 1. The summed E-state index contributed by atoms with van der Waals surface area (Å²) in [5.74, 6) is -0.391. The van der Waals surface area contributed by atoms with Crippen molar-refractivity contribution in [3.63, 3.8) is 0 Å². The van der Waals surface area contributed by atoms with Crippen LogP contribution in [0.5, 0.6) is 0 Å². The van der Waals surface area contributed by atoms with E-state index >= 15 is 0 Å². The summed E-state index contributed by atoms with van der Waals surface area (Å²) in [7, 11) is 3.40. The van der Waals surface area contributed by atoms with Crippen LogP contribution >= 0.6 is 0 Å². The number of aryl methyl sites for hydroxylation is 1. The second-order valence-corrected chi connectivity index (χ2v) is 6.68. The first-order valence-corrected chi connectivity index (χ1v) is 8.59. The first-order chi connectivity index (χ1) is 12.3. The van der Waals surface area contributed by atoms with Gasteiger partial charge >= 0.3 is 5.97 Å². The Labute approximate surface area is 152 Å². The van der Waals surface area contributed by atoms with Crippen molar-refractivity contribution in [3.05, 3.63) is 40.8 Å². The predicted octanol–water partition coefficient (Wildman–Crippen LogP) is 1.65. The lowest BCUT2D eigenvalue weighted by Crippen LogP contribution is -2.39. The lowest BCUT2D eigenvalue weighted by atomic mass is 9.99. The van der Waals surface area contributed by atoms with Crippen LogP contribution in [0.1, 0.15) is 46.0 Å². The van der Waals surface area contributed by atoms with Gasteiger partial charge in [-0.1, -0.05) is 0 Å². The third kappa shape index (κ3) is 3.02. The summed E-state index contributed by atoms with van der Waals surface area (Å²) in [4.78, 5) is 31.6. The van der Waals surface area contributed by atoms with E-state index in [4.69, 9.17) is 0 Å². The normalized spacial score (nSPS) is 16.3. The predicted molar refractivity (Wildman–Crippen MR) is 96.5 cm³/mol. The van der Waals surface area contributed by atoms with Gasteiger partial charge < -0.3 is 14.9 Å². The van der Waals surface area contributed by atoms with Crippen molar-refractivity contribution in [2.75, 3.05) is 19.0 Å². The van der Waals surface area contributed by atoms with E-state index < -0.39 is 5.97 Å². The minimum atomic E-state index is -1.01. The van der Waals surface area contributed by atoms with E-state index in [1.165, 1.54) is 4.90 Å². The molecule has 1 aliphatic rings. The highest BCUT2D eigenvalue weighted by atomic mass is 16.4. The number of amides is 1. The van der Waals surface area contributed by atoms with E-state index in [-0.39, 0.29) is 17.6 Å². The number of carboxylic acids is 1. The Balaban J connectivity index is 1.93. The van der Waals surface area contributed by atoms with E-state index in [1.54, 1.807) is 31.0 Å². The quantitative estimate of drug-likeness (QED) is 0.895. The van der Waals surface area contributed by atoms with Gasteiger partial charge in [-0.2, -0.15) is 5.10 Å². The maximum atomic E-state index is 12.0. The number of rotatable bonds is 4. The Bertz CT molecular complexity index is 841. The number of hydrogen-bond donors (Lipinski definition) is 1. The molecule has 0 spiro atoms. The molecule has 0 aliphatic carbocycles. The van der Waals surface area contributed by atoms with E-state index in [1.807, 2.05) is 13.0 Å². The van der Waals surface area contributed by atoms with E-state index in [0.29, 0.717) is 25.1 Å². The molecule has 138 valence electrons. The highest BCUT2D eigenvalue weighted by Gasteiger charge is 2.32. The van der Waals surface area contributed by atoms with Crippen molar-refractivity contribution >= 4 is 17.7 Å². The third-order valence-corrected chi connectivity index (χ3v) is 4.71. The topological polar surface area (TPSA) is 91.6 Å². The first-order valence-electron chi connectivity index (χ1n) is 8.59. The van der Waals surface area contributed by atoms with Crippen molar-refractivity contribution in [2.24, 2.45) is 0 Å². The first kappa shape index (κ1) is 17.9. The van der Waals surface area contributed by atoms with Crippen LogP contribution < -0.4 is 4.90 Å². The number of fused-ring (bicyclic) bond motifs is 1. The minimum absolute atomic E-state index is 0.101. The number of aromatic carboxylic acids is 1. The average molecular weight is 357 g/mol. The van der Waals surface area contributed by atoms with Crippen molar-refractivity contribution < 1.29 is 14.7 Å². The van der Waals surface area contributed by atoms with Crippen LogP contribution in [-0.4, -0.2) is 56.8 Å². The summed E-state index contributed by atoms with van der Waals surface area (Å²) < 4.78 is 1.78. The molecule has 0 unspecified atom stereocenters. The van der Waals surface area contributed by atoms with Gasteiger partial charge in [-0.05, 0) is 26.0 Å². The summed E-state index contributed by atoms with van der Waals surface area (Å²) >= 11 is 0. The smallest absolute Gasteiger partial charge is 0.356 e. The van der Waals surface area contributed by atoms with Gasteiger partial charge in [0.15, 0.2) is 5.69 Å². The lowest BCUT2D eigenvalue weighted by molar-refractivity contribution is 0.0687. The molecule has 0 saturated heterocycles. The van der Waals surface area contributed by atoms with E-state index in [2.05, 4.69) is 21.9 Å². The van der Waals surface area contributed by atoms with Gasteiger partial charge in [0.25, 0.3) is 5.91 Å². The lowest BCUT2D eigenvalue weighted by Gasteiger charge is -2.35. The molecule has 2 aromatic rings. The Morgan fingerprint density at radius 3 is 2.62 bits per heavy atom. The molecule has 1 atom stereocenters. The molecule has 0 bridgehead atoms. The van der Waals surface area contributed by atoms with E-state index in [9.17, 15) is 14.7 Å². The second kappa shape index (κ2) is 6.78. The highest BCUT2D eigenvalue weighted by molar-refractivity contribution is 5.93. The standard InChI is InChI=1S/C18H23N5O3/c1-5-23-14-8-11(2)22(10-13(14)16(20-23)18(25)26)15-7-6-12(9-19-15)17(24)21(3)4/h6-7,9,11H,5,8,10H2,1-4H3,(H,25,26)/t11-/m1/s1. The number of nitrogens with zero attached hydrogens (tertiary/aromatic N) is 5. The zero-order valence-corrected chi connectivity index (χ0v) is 15.4. The zero-order chi connectivity index (χ0) is 19.0. The SMILES string of the molecule is CCn1nc(C(=O)O)c2c1C[C@@H](C)N(c1ccc(C(=O)N(C)C)cn1)C2. The summed E-state index contributed by atoms with van der Waals surface area (Å²) in [5, 5.41) is 13.7. The highest BCUT2D eigenvalue weighted by Crippen LogP contribution is 2.29. The fraction of sp³-hybridized carbons (Fsp3) is 0.444. The number of anilines is 1. The molecule has 1 amide bonds.